The smallest absolute Gasteiger partial charge is 0.306 e. The summed E-state index contributed by atoms with van der Waals surface area (Å²) < 4.78 is 33.0. The van der Waals surface area contributed by atoms with Gasteiger partial charge in [-0.1, -0.05) is 25.9 Å². The zero-order chi connectivity index (χ0) is 19.5. The Labute approximate surface area is 153 Å². The molecule has 0 spiro atoms. The highest BCUT2D eigenvalue weighted by molar-refractivity contribution is 7.91. The van der Waals surface area contributed by atoms with Crippen molar-refractivity contribution in [3.8, 4) is 0 Å². The van der Waals surface area contributed by atoms with Crippen LogP contribution >= 0.6 is 0 Å². The van der Waals surface area contributed by atoms with Crippen LogP contribution in [0.5, 0.6) is 0 Å². The molecule has 0 bridgehead atoms. The van der Waals surface area contributed by atoms with Crippen LogP contribution in [0, 0.1) is 0 Å². The van der Waals surface area contributed by atoms with Crippen molar-refractivity contribution in [2.24, 2.45) is 0 Å². The van der Waals surface area contributed by atoms with E-state index in [0.717, 1.165) is 0 Å². The quantitative estimate of drug-likeness (QED) is 0.647. The highest BCUT2D eigenvalue weighted by Crippen LogP contribution is 2.19. The van der Waals surface area contributed by atoms with E-state index in [-0.39, 0.29) is 35.8 Å². The van der Waals surface area contributed by atoms with Gasteiger partial charge in [0, 0.05) is 24.9 Å². The van der Waals surface area contributed by atoms with Gasteiger partial charge in [-0.2, -0.15) is 4.98 Å². The standard InChI is InChI=1S/C16H25N3O6S/c1-16(2,3)15-17-12(25-18-15)5-6-14(21)24-9-13(20)19(4)11-7-8-26(22,23)10-11/h11H,5-10H2,1-4H3/t11-/m1/s1. The highest BCUT2D eigenvalue weighted by Gasteiger charge is 2.33. The summed E-state index contributed by atoms with van der Waals surface area (Å²) in [6.07, 6.45) is 0.652. The molecule has 0 aliphatic carbocycles. The molecular weight excluding hydrogens is 362 g/mol. The van der Waals surface area contributed by atoms with Gasteiger partial charge in [0.1, 0.15) is 0 Å². The van der Waals surface area contributed by atoms with Crippen LogP contribution in [0.4, 0.5) is 0 Å². The van der Waals surface area contributed by atoms with Gasteiger partial charge in [-0.15, -0.1) is 0 Å². The van der Waals surface area contributed by atoms with E-state index < -0.39 is 28.3 Å². The molecule has 0 saturated carbocycles. The third-order valence-electron chi connectivity index (χ3n) is 4.19. The van der Waals surface area contributed by atoms with Crippen molar-refractivity contribution in [1.29, 1.82) is 0 Å². The van der Waals surface area contributed by atoms with E-state index in [2.05, 4.69) is 10.1 Å². The van der Waals surface area contributed by atoms with Gasteiger partial charge in [-0.25, -0.2) is 8.42 Å². The van der Waals surface area contributed by atoms with Crippen molar-refractivity contribution in [1.82, 2.24) is 15.0 Å². The largest absolute Gasteiger partial charge is 0.456 e. The molecule has 0 aromatic carbocycles. The molecule has 0 unspecified atom stereocenters. The number of esters is 1. The molecule has 1 saturated heterocycles. The van der Waals surface area contributed by atoms with Crippen molar-refractivity contribution in [3.05, 3.63) is 11.7 Å². The summed E-state index contributed by atoms with van der Waals surface area (Å²) in [5.41, 5.74) is -0.243. The maximum atomic E-state index is 12.0. The van der Waals surface area contributed by atoms with Crippen LogP contribution in [0.15, 0.2) is 4.52 Å². The molecular formula is C16H25N3O6S. The summed E-state index contributed by atoms with van der Waals surface area (Å²) in [4.78, 5) is 29.4. The first kappa shape index (κ1) is 20.3. The normalized spacial score (nSPS) is 19.3. The van der Waals surface area contributed by atoms with Gasteiger partial charge >= 0.3 is 5.97 Å². The molecule has 1 amide bonds. The van der Waals surface area contributed by atoms with Crippen LogP contribution < -0.4 is 0 Å². The van der Waals surface area contributed by atoms with Crippen LogP contribution in [0.3, 0.4) is 0 Å². The minimum atomic E-state index is -3.08. The number of sulfone groups is 1. The van der Waals surface area contributed by atoms with Crippen molar-refractivity contribution in [3.63, 3.8) is 0 Å². The Morgan fingerprint density at radius 3 is 2.58 bits per heavy atom. The molecule has 26 heavy (non-hydrogen) atoms. The van der Waals surface area contributed by atoms with Gasteiger partial charge in [0.15, 0.2) is 22.3 Å². The fraction of sp³-hybridized carbons (Fsp3) is 0.750. The number of aryl methyl sites for hydroxylation is 1. The molecule has 10 heteroatoms. The van der Waals surface area contributed by atoms with E-state index in [9.17, 15) is 18.0 Å². The van der Waals surface area contributed by atoms with E-state index in [0.29, 0.717) is 18.1 Å². The minimum absolute atomic E-state index is 0.0145. The topological polar surface area (TPSA) is 120 Å². The second-order valence-electron chi connectivity index (χ2n) is 7.48. The predicted octanol–water partition coefficient (Wildman–Crippen LogP) is 0.488. The third-order valence-corrected chi connectivity index (χ3v) is 5.94. The summed E-state index contributed by atoms with van der Waals surface area (Å²) in [5, 5.41) is 3.87. The van der Waals surface area contributed by atoms with E-state index >= 15 is 0 Å². The lowest BCUT2D eigenvalue weighted by molar-refractivity contribution is -0.152. The second-order valence-corrected chi connectivity index (χ2v) is 9.71. The molecule has 1 aliphatic rings. The van der Waals surface area contributed by atoms with Crippen molar-refractivity contribution in [2.45, 2.75) is 51.5 Å². The average molecular weight is 387 g/mol. The van der Waals surface area contributed by atoms with Gasteiger partial charge in [0.25, 0.3) is 5.91 Å². The molecule has 1 atom stereocenters. The monoisotopic (exact) mass is 387 g/mol. The maximum Gasteiger partial charge on any atom is 0.306 e. The Hall–Kier alpha value is -1.97. The fourth-order valence-corrected chi connectivity index (χ4v) is 4.25. The number of carbonyl (C=O) groups excluding carboxylic acids is 2. The van der Waals surface area contributed by atoms with Crippen LogP contribution in [0.2, 0.25) is 0 Å². The number of hydrogen-bond acceptors (Lipinski definition) is 8. The number of amides is 1. The fourth-order valence-electron chi connectivity index (χ4n) is 2.47. The summed E-state index contributed by atoms with van der Waals surface area (Å²) in [5.74, 6) is -0.0445. The average Bonchev–Trinajstić information content (AvgIpc) is 3.15. The Balaban J connectivity index is 1.74. The molecule has 1 aliphatic heterocycles. The number of carbonyl (C=O) groups is 2. The second kappa shape index (κ2) is 7.73. The van der Waals surface area contributed by atoms with Gasteiger partial charge < -0.3 is 14.2 Å². The molecule has 1 aromatic rings. The van der Waals surface area contributed by atoms with E-state index in [1.54, 1.807) is 0 Å². The summed E-state index contributed by atoms with van der Waals surface area (Å²) in [7, 11) is -1.56. The summed E-state index contributed by atoms with van der Waals surface area (Å²) in [6, 6.07) is -0.361. The number of likely N-dealkylation sites (N-methyl/N-ethyl adjacent to an activating group) is 1. The van der Waals surface area contributed by atoms with Gasteiger partial charge in [0.2, 0.25) is 5.89 Å². The third kappa shape index (κ3) is 5.52. The van der Waals surface area contributed by atoms with Crippen molar-refractivity contribution in [2.75, 3.05) is 25.2 Å². The number of ether oxygens (including phenoxy) is 1. The van der Waals surface area contributed by atoms with E-state index in [1.807, 2.05) is 20.8 Å². The minimum Gasteiger partial charge on any atom is -0.456 e. The van der Waals surface area contributed by atoms with Crippen LogP contribution in [0.1, 0.15) is 45.3 Å². The van der Waals surface area contributed by atoms with E-state index in [1.165, 1.54) is 11.9 Å². The van der Waals surface area contributed by atoms with Crippen molar-refractivity contribution >= 4 is 21.7 Å². The SMILES string of the molecule is CN(C(=O)COC(=O)CCc1nc(C(C)(C)C)no1)[C@@H]1CCS(=O)(=O)C1. The molecule has 1 aromatic heterocycles. The lowest BCUT2D eigenvalue weighted by atomic mass is 9.96. The zero-order valence-electron chi connectivity index (χ0n) is 15.5. The predicted molar refractivity (Wildman–Crippen MR) is 92.1 cm³/mol. The Kier molecular flexibility index (Phi) is 6.05. The van der Waals surface area contributed by atoms with Gasteiger partial charge in [-0.3, -0.25) is 9.59 Å². The molecule has 2 rings (SSSR count). The molecule has 1 fully saturated rings. The van der Waals surface area contributed by atoms with Crippen LogP contribution in [-0.2, 0) is 36.0 Å². The number of rotatable bonds is 6. The lowest BCUT2D eigenvalue weighted by Gasteiger charge is -2.23. The van der Waals surface area contributed by atoms with Crippen LogP contribution in [-0.4, -0.2) is 66.5 Å². The first-order chi connectivity index (χ1) is 12.0. The lowest BCUT2D eigenvalue weighted by Crippen LogP contribution is -2.40. The van der Waals surface area contributed by atoms with E-state index in [4.69, 9.17) is 9.26 Å². The Morgan fingerprint density at radius 2 is 2.04 bits per heavy atom. The molecule has 0 N–H and O–H groups in total. The molecule has 9 nitrogen and oxygen atoms in total. The molecule has 2 heterocycles. The first-order valence-electron chi connectivity index (χ1n) is 8.43. The summed E-state index contributed by atoms with van der Waals surface area (Å²) >= 11 is 0. The highest BCUT2D eigenvalue weighted by atomic mass is 32.2. The number of hydrogen-bond donors (Lipinski definition) is 0. The number of nitrogens with zero attached hydrogens (tertiary/aromatic N) is 3. The van der Waals surface area contributed by atoms with Gasteiger partial charge in [-0.05, 0) is 6.42 Å². The maximum absolute atomic E-state index is 12.0. The zero-order valence-corrected chi connectivity index (χ0v) is 16.3. The van der Waals surface area contributed by atoms with Crippen molar-refractivity contribution < 1.29 is 27.3 Å². The first-order valence-corrected chi connectivity index (χ1v) is 10.2. The number of aromatic nitrogens is 2. The van der Waals surface area contributed by atoms with Gasteiger partial charge in [0.05, 0.1) is 17.9 Å². The summed E-state index contributed by atoms with van der Waals surface area (Å²) in [6.45, 7) is 5.44. The Bertz CT molecular complexity index is 765. The molecule has 146 valence electrons. The molecule has 0 radical (unpaired) electrons. The Morgan fingerprint density at radius 1 is 1.35 bits per heavy atom. The van der Waals surface area contributed by atoms with Crippen LogP contribution in [0.25, 0.3) is 0 Å².